The minimum absolute atomic E-state index is 0.0928. The third kappa shape index (κ3) is 5.65. The highest BCUT2D eigenvalue weighted by Crippen LogP contribution is 2.06. The van der Waals surface area contributed by atoms with E-state index in [9.17, 15) is 14.0 Å². The Bertz CT molecular complexity index is 500. The lowest BCUT2D eigenvalue weighted by Gasteiger charge is -2.10. The Labute approximate surface area is 117 Å². The number of carboxylic acids is 1. The maximum atomic E-state index is 12.9. The number of benzene rings is 1. The number of carbonyl (C=O) groups excluding carboxylic acids is 1. The van der Waals surface area contributed by atoms with Gasteiger partial charge in [0, 0.05) is 12.6 Å². The molecule has 0 heterocycles. The highest BCUT2D eigenvalue weighted by atomic mass is 19.1. The Kier molecular flexibility index (Phi) is 6.43. The molecule has 0 aliphatic heterocycles. The zero-order valence-electron chi connectivity index (χ0n) is 11.3. The van der Waals surface area contributed by atoms with Crippen molar-refractivity contribution in [1.29, 1.82) is 0 Å². The van der Waals surface area contributed by atoms with E-state index in [-0.39, 0.29) is 12.4 Å². The lowest BCUT2D eigenvalue weighted by molar-refractivity contribution is -0.141. The Morgan fingerprint density at radius 2 is 2.20 bits per heavy atom. The molecule has 1 aromatic rings. The van der Waals surface area contributed by atoms with Crippen LogP contribution in [0.4, 0.5) is 4.39 Å². The third-order valence-electron chi connectivity index (χ3n) is 2.78. The van der Waals surface area contributed by atoms with Crippen LogP contribution in [-0.2, 0) is 9.59 Å². The van der Waals surface area contributed by atoms with Gasteiger partial charge in [0.1, 0.15) is 5.82 Å². The van der Waals surface area contributed by atoms with Crippen LogP contribution in [0, 0.1) is 11.7 Å². The molecule has 0 fully saturated rings. The summed E-state index contributed by atoms with van der Waals surface area (Å²) in [5.41, 5.74) is 0.573. The second kappa shape index (κ2) is 8.09. The maximum Gasteiger partial charge on any atom is 0.308 e. The topological polar surface area (TPSA) is 66.4 Å². The van der Waals surface area contributed by atoms with Gasteiger partial charge in [0.2, 0.25) is 5.91 Å². The van der Waals surface area contributed by atoms with Gasteiger partial charge in [-0.05, 0) is 30.2 Å². The van der Waals surface area contributed by atoms with E-state index in [0.29, 0.717) is 12.0 Å². The van der Waals surface area contributed by atoms with E-state index < -0.39 is 17.8 Å². The second-order valence-electron chi connectivity index (χ2n) is 4.46. The molecule has 4 nitrogen and oxygen atoms in total. The van der Waals surface area contributed by atoms with Gasteiger partial charge in [0.05, 0.1) is 5.92 Å². The molecule has 0 spiro atoms. The fourth-order valence-electron chi connectivity index (χ4n) is 1.73. The van der Waals surface area contributed by atoms with Crippen LogP contribution in [0.2, 0.25) is 0 Å². The Morgan fingerprint density at radius 3 is 2.80 bits per heavy atom. The van der Waals surface area contributed by atoms with Crippen LogP contribution >= 0.6 is 0 Å². The fraction of sp³-hybridized carbons (Fsp3) is 0.333. The van der Waals surface area contributed by atoms with Gasteiger partial charge in [-0.3, -0.25) is 9.59 Å². The molecule has 0 aromatic heterocycles. The summed E-state index contributed by atoms with van der Waals surface area (Å²) in [5, 5.41) is 11.5. The van der Waals surface area contributed by atoms with Gasteiger partial charge in [0.25, 0.3) is 0 Å². The molecule has 0 saturated heterocycles. The van der Waals surface area contributed by atoms with E-state index in [2.05, 4.69) is 5.32 Å². The molecule has 20 heavy (non-hydrogen) atoms. The van der Waals surface area contributed by atoms with Gasteiger partial charge in [-0.1, -0.05) is 25.5 Å². The maximum absolute atomic E-state index is 12.9. The Morgan fingerprint density at radius 1 is 1.45 bits per heavy atom. The molecule has 108 valence electrons. The number of nitrogens with one attached hydrogen (secondary N) is 1. The lowest BCUT2D eigenvalue weighted by atomic mass is 10.0. The molecule has 0 bridgehead atoms. The Hall–Kier alpha value is -2.17. The Balaban J connectivity index is 2.49. The molecule has 0 radical (unpaired) electrons. The summed E-state index contributed by atoms with van der Waals surface area (Å²) < 4.78 is 12.9. The van der Waals surface area contributed by atoms with Gasteiger partial charge in [-0.2, -0.15) is 0 Å². The summed E-state index contributed by atoms with van der Waals surface area (Å²) in [6.45, 7) is 1.98. The standard InChI is InChI=1S/C15H18FNO3/c1-2-4-12(15(19)20)10-17-14(18)8-7-11-5-3-6-13(16)9-11/h3,5-9,12H,2,4,10H2,1H3,(H,17,18)(H,19,20). The summed E-state index contributed by atoms with van der Waals surface area (Å²) >= 11 is 0. The van der Waals surface area contributed by atoms with Gasteiger partial charge >= 0.3 is 5.97 Å². The predicted octanol–water partition coefficient (Wildman–Crippen LogP) is 2.46. The van der Waals surface area contributed by atoms with Gasteiger partial charge in [-0.25, -0.2) is 4.39 Å². The van der Waals surface area contributed by atoms with E-state index in [1.807, 2.05) is 6.92 Å². The number of aliphatic carboxylic acids is 1. The van der Waals surface area contributed by atoms with Gasteiger partial charge in [-0.15, -0.1) is 0 Å². The lowest BCUT2D eigenvalue weighted by Crippen LogP contribution is -2.31. The van der Waals surface area contributed by atoms with Gasteiger partial charge in [0.15, 0.2) is 0 Å². The summed E-state index contributed by atoms with van der Waals surface area (Å²) in [6, 6.07) is 5.85. The summed E-state index contributed by atoms with van der Waals surface area (Å²) in [5.74, 6) is -2.26. The summed E-state index contributed by atoms with van der Waals surface area (Å²) in [6.07, 6.45) is 4.00. The predicted molar refractivity (Wildman–Crippen MR) is 74.5 cm³/mol. The molecule has 0 aliphatic rings. The molecule has 1 aromatic carbocycles. The zero-order chi connectivity index (χ0) is 15.0. The van der Waals surface area contributed by atoms with E-state index in [0.717, 1.165) is 6.42 Å². The largest absolute Gasteiger partial charge is 0.481 e. The molecule has 0 saturated carbocycles. The highest BCUT2D eigenvalue weighted by molar-refractivity contribution is 5.91. The van der Waals surface area contributed by atoms with Crippen LogP contribution in [0.15, 0.2) is 30.3 Å². The normalized spacial score (nSPS) is 12.3. The molecule has 1 amide bonds. The molecule has 0 aliphatic carbocycles. The van der Waals surface area contributed by atoms with Crippen molar-refractivity contribution in [1.82, 2.24) is 5.32 Å². The smallest absolute Gasteiger partial charge is 0.308 e. The van der Waals surface area contributed by atoms with Crippen LogP contribution in [-0.4, -0.2) is 23.5 Å². The van der Waals surface area contributed by atoms with Crippen molar-refractivity contribution >= 4 is 18.0 Å². The zero-order valence-corrected chi connectivity index (χ0v) is 11.3. The molecular formula is C15H18FNO3. The SMILES string of the molecule is CCCC(CNC(=O)C=Cc1cccc(F)c1)C(=O)O. The van der Waals surface area contributed by atoms with Crippen molar-refractivity contribution in [3.63, 3.8) is 0 Å². The van der Waals surface area contributed by atoms with Crippen molar-refractivity contribution in [3.8, 4) is 0 Å². The van der Waals surface area contributed by atoms with Crippen molar-refractivity contribution in [2.75, 3.05) is 6.54 Å². The second-order valence-corrected chi connectivity index (χ2v) is 4.46. The summed E-state index contributed by atoms with van der Waals surface area (Å²) in [7, 11) is 0. The molecule has 2 N–H and O–H groups in total. The van der Waals surface area contributed by atoms with Crippen LogP contribution in [0.5, 0.6) is 0 Å². The highest BCUT2D eigenvalue weighted by Gasteiger charge is 2.16. The van der Waals surface area contributed by atoms with Crippen LogP contribution in [0.25, 0.3) is 6.08 Å². The van der Waals surface area contributed by atoms with Crippen LogP contribution in [0.1, 0.15) is 25.3 Å². The van der Waals surface area contributed by atoms with Crippen molar-refractivity contribution < 1.29 is 19.1 Å². The first kappa shape index (κ1) is 15.9. The number of amides is 1. The van der Waals surface area contributed by atoms with Crippen molar-refractivity contribution in [2.24, 2.45) is 5.92 Å². The van der Waals surface area contributed by atoms with Gasteiger partial charge < -0.3 is 10.4 Å². The number of halogens is 1. The third-order valence-corrected chi connectivity index (χ3v) is 2.78. The molecular weight excluding hydrogens is 261 g/mol. The molecule has 5 heteroatoms. The molecule has 1 atom stereocenters. The first-order valence-corrected chi connectivity index (χ1v) is 6.47. The average Bonchev–Trinajstić information content (AvgIpc) is 2.41. The molecule has 1 rings (SSSR count). The number of rotatable bonds is 7. The first-order valence-electron chi connectivity index (χ1n) is 6.47. The van der Waals surface area contributed by atoms with E-state index in [1.54, 1.807) is 12.1 Å². The first-order chi connectivity index (χ1) is 9.52. The quantitative estimate of drug-likeness (QED) is 0.753. The van der Waals surface area contributed by atoms with E-state index >= 15 is 0 Å². The summed E-state index contributed by atoms with van der Waals surface area (Å²) in [4.78, 5) is 22.5. The van der Waals surface area contributed by atoms with Crippen LogP contribution in [0.3, 0.4) is 0 Å². The number of carbonyl (C=O) groups is 2. The van der Waals surface area contributed by atoms with E-state index in [4.69, 9.17) is 5.11 Å². The fourth-order valence-corrected chi connectivity index (χ4v) is 1.73. The number of hydrogen-bond acceptors (Lipinski definition) is 2. The van der Waals surface area contributed by atoms with Crippen molar-refractivity contribution in [3.05, 3.63) is 41.7 Å². The minimum Gasteiger partial charge on any atom is -0.481 e. The average molecular weight is 279 g/mol. The molecule has 1 unspecified atom stereocenters. The van der Waals surface area contributed by atoms with Crippen molar-refractivity contribution in [2.45, 2.75) is 19.8 Å². The number of hydrogen-bond donors (Lipinski definition) is 2. The van der Waals surface area contributed by atoms with E-state index in [1.165, 1.54) is 24.3 Å². The minimum atomic E-state index is -0.915. The monoisotopic (exact) mass is 279 g/mol. The van der Waals surface area contributed by atoms with Crippen LogP contribution < -0.4 is 5.32 Å². The number of carboxylic acid groups (broad SMARTS) is 1.